The van der Waals surface area contributed by atoms with Crippen LogP contribution in [0.15, 0.2) is 48.7 Å². The predicted octanol–water partition coefficient (Wildman–Crippen LogP) is 6.92. The summed E-state index contributed by atoms with van der Waals surface area (Å²) >= 11 is 5.93. The molecule has 0 radical (unpaired) electrons. The summed E-state index contributed by atoms with van der Waals surface area (Å²) in [6, 6.07) is 8.69. The fourth-order valence-corrected chi connectivity index (χ4v) is 4.19. The van der Waals surface area contributed by atoms with Gasteiger partial charge in [-0.25, -0.2) is 9.37 Å². The van der Waals surface area contributed by atoms with Crippen LogP contribution in [0, 0.1) is 11.7 Å². The zero-order valence-electron chi connectivity index (χ0n) is 16.0. The average Bonchev–Trinajstić information content (AvgIpc) is 3.40. The first-order chi connectivity index (χ1) is 14.8. The molecule has 0 N–H and O–H groups in total. The molecule has 2 aromatic carbocycles. The first-order valence-electron chi connectivity index (χ1n) is 9.72. The lowest BCUT2D eigenvalue weighted by Gasteiger charge is -2.13. The number of hydrogen-bond donors (Lipinski definition) is 0. The van der Waals surface area contributed by atoms with Gasteiger partial charge in [0.05, 0.1) is 10.6 Å². The number of benzene rings is 2. The lowest BCUT2D eigenvalue weighted by Crippen LogP contribution is -2.04. The van der Waals surface area contributed by atoms with Crippen LogP contribution in [0.4, 0.5) is 17.6 Å². The molecule has 3 nitrogen and oxygen atoms in total. The topological polar surface area (TPSA) is 31.4 Å². The van der Waals surface area contributed by atoms with Gasteiger partial charge in [-0.1, -0.05) is 11.6 Å². The van der Waals surface area contributed by atoms with Crippen molar-refractivity contribution in [1.82, 2.24) is 4.98 Å². The van der Waals surface area contributed by atoms with Crippen molar-refractivity contribution >= 4 is 11.6 Å². The van der Waals surface area contributed by atoms with E-state index in [9.17, 15) is 17.6 Å². The van der Waals surface area contributed by atoms with Crippen LogP contribution in [-0.4, -0.2) is 4.98 Å². The Kier molecular flexibility index (Phi) is 4.81. The number of alkyl halides is 3. The molecular weight excluding hydrogens is 434 g/mol. The third-order valence-corrected chi connectivity index (χ3v) is 5.98. The van der Waals surface area contributed by atoms with E-state index in [2.05, 4.69) is 4.98 Å². The molecule has 31 heavy (non-hydrogen) atoms. The average molecular weight is 450 g/mol. The highest BCUT2D eigenvalue weighted by molar-refractivity contribution is 6.32. The molecule has 5 rings (SSSR count). The van der Waals surface area contributed by atoms with Gasteiger partial charge in [0.15, 0.2) is 0 Å². The molecular formula is C23H16ClF4NO2. The second kappa shape index (κ2) is 7.41. The van der Waals surface area contributed by atoms with Crippen molar-refractivity contribution in [1.29, 1.82) is 0 Å². The van der Waals surface area contributed by atoms with E-state index in [0.29, 0.717) is 11.8 Å². The largest absolute Gasteiger partial charge is 0.473 e. The van der Waals surface area contributed by atoms with Crippen LogP contribution < -0.4 is 9.47 Å². The summed E-state index contributed by atoms with van der Waals surface area (Å²) in [4.78, 5) is 4.32. The van der Waals surface area contributed by atoms with E-state index in [-0.39, 0.29) is 28.7 Å². The van der Waals surface area contributed by atoms with Gasteiger partial charge in [0.1, 0.15) is 23.9 Å². The van der Waals surface area contributed by atoms with Crippen LogP contribution in [0.3, 0.4) is 0 Å². The van der Waals surface area contributed by atoms with Gasteiger partial charge in [0.2, 0.25) is 5.88 Å². The Morgan fingerprint density at radius 3 is 2.71 bits per heavy atom. The minimum absolute atomic E-state index is 0.0343. The van der Waals surface area contributed by atoms with E-state index in [0.717, 1.165) is 30.5 Å². The highest BCUT2D eigenvalue weighted by atomic mass is 35.5. The normalized spacial score (nSPS) is 19.0. The number of fused-ring (bicyclic) bond motifs is 3. The van der Waals surface area contributed by atoms with Gasteiger partial charge in [-0.3, -0.25) is 0 Å². The SMILES string of the molecule is Fc1ccc(Oc2ccc(C(F)(F)F)cc2Cl)cc1COc1cc2c(cn1)C1CC1C2. The van der Waals surface area contributed by atoms with Gasteiger partial charge < -0.3 is 9.47 Å². The summed E-state index contributed by atoms with van der Waals surface area (Å²) in [7, 11) is 0. The third kappa shape index (κ3) is 4.06. The molecule has 2 aliphatic rings. The summed E-state index contributed by atoms with van der Waals surface area (Å²) in [6.45, 7) is -0.0670. The molecule has 2 atom stereocenters. The second-order valence-electron chi connectivity index (χ2n) is 7.81. The maximum absolute atomic E-state index is 14.2. The fraction of sp³-hybridized carbons (Fsp3) is 0.261. The molecule has 0 saturated heterocycles. The van der Waals surface area contributed by atoms with Crippen molar-refractivity contribution in [2.45, 2.75) is 31.5 Å². The van der Waals surface area contributed by atoms with Gasteiger partial charge in [-0.05, 0) is 72.2 Å². The van der Waals surface area contributed by atoms with Gasteiger partial charge in [0, 0.05) is 17.8 Å². The number of aromatic nitrogens is 1. The molecule has 160 valence electrons. The van der Waals surface area contributed by atoms with Crippen molar-refractivity contribution < 1.29 is 27.0 Å². The first-order valence-corrected chi connectivity index (χ1v) is 10.1. The lowest BCUT2D eigenvalue weighted by atomic mass is 10.1. The van der Waals surface area contributed by atoms with E-state index >= 15 is 0 Å². The first kappa shape index (κ1) is 20.1. The summed E-state index contributed by atoms with van der Waals surface area (Å²) < 4.78 is 63.8. The van der Waals surface area contributed by atoms with Crippen LogP contribution in [-0.2, 0) is 19.2 Å². The number of rotatable bonds is 5. The number of nitrogens with zero attached hydrogens (tertiary/aromatic N) is 1. The van der Waals surface area contributed by atoms with Crippen molar-refractivity contribution in [3.8, 4) is 17.4 Å². The molecule has 0 spiro atoms. The maximum atomic E-state index is 14.2. The van der Waals surface area contributed by atoms with E-state index in [1.165, 1.54) is 35.7 Å². The second-order valence-corrected chi connectivity index (χ2v) is 8.22. The zero-order chi connectivity index (χ0) is 21.8. The van der Waals surface area contributed by atoms with Crippen molar-refractivity contribution in [3.63, 3.8) is 0 Å². The number of hydrogen-bond acceptors (Lipinski definition) is 3. The van der Waals surface area contributed by atoms with Gasteiger partial charge in [-0.15, -0.1) is 0 Å². The Morgan fingerprint density at radius 2 is 1.94 bits per heavy atom. The summed E-state index contributed by atoms with van der Waals surface area (Å²) in [5.74, 6) is 1.57. The standard InChI is InChI=1S/C23H16ClF4NO2/c24-19-9-15(23(26,27)28)1-4-21(19)31-16-2-3-20(25)14(6-16)11-30-22-8-13-5-12-7-17(12)18(13)10-29-22/h1-4,6,8-10,12,17H,5,7,11H2. The summed E-state index contributed by atoms with van der Waals surface area (Å²) in [5, 5.41) is -0.197. The molecule has 1 saturated carbocycles. The van der Waals surface area contributed by atoms with Crippen LogP contribution in [0.2, 0.25) is 5.02 Å². The van der Waals surface area contributed by atoms with E-state index in [1.54, 1.807) is 0 Å². The number of pyridine rings is 1. The Morgan fingerprint density at radius 1 is 1.10 bits per heavy atom. The van der Waals surface area contributed by atoms with Gasteiger partial charge >= 0.3 is 6.18 Å². The van der Waals surface area contributed by atoms with Crippen LogP contribution in [0.5, 0.6) is 17.4 Å². The summed E-state index contributed by atoms with van der Waals surface area (Å²) in [6.07, 6.45) is -0.403. The molecule has 0 bridgehead atoms. The van der Waals surface area contributed by atoms with Gasteiger partial charge in [-0.2, -0.15) is 13.2 Å². The quantitative estimate of drug-likeness (QED) is 0.396. The Balaban J connectivity index is 1.29. The maximum Gasteiger partial charge on any atom is 0.416 e. The minimum atomic E-state index is -4.51. The molecule has 3 aromatic rings. The smallest absolute Gasteiger partial charge is 0.416 e. The molecule has 1 fully saturated rings. The molecule has 2 unspecified atom stereocenters. The number of halogens is 5. The zero-order valence-corrected chi connectivity index (χ0v) is 16.8. The molecule has 1 aromatic heterocycles. The molecule has 0 amide bonds. The highest BCUT2D eigenvalue weighted by Crippen LogP contribution is 2.56. The molecule has 1 heterocycles. The van der Waals surface area contributed by atoms with Crippen molar-refractivity contribution in [3.05, 3.63) is 81.8 Å². The van der Waals surface area contributed by atoms with Crippen LogP contribution in [0.25, 0.3) is 0 Å². The van der Waals surface area contributed by atoms with Crippen molar-refractivity contribution in [2.24, 2.45) is 5.92 Å². The van der Waals surface area contributed by atoms with E-state index in [1.807, 2.05) is 12.3 Å². The number of ether oxygens (including phenoxy) is 2. The molecule has 0 aliphatic heterocycles. The Bertz CT molecular complexity index is 1160. The highest BCUT2D eigenvalue weighted by Gasteiger charge is 2.45. The lowest BCUT2D eigenvalue weighted by molar-refractivity contribution is -0.137. The Labute approximate surface area is 180 Å². The van der Waals surface area contributed by atoms with E-state index < -0.39 is 17.6 Å². The van der Waals surface area contributed by atoms with Crippen molar-refractivity contribution in [2.75, 3.05) is 0 Å². The predicted molar refractivity (Wildman–Crippen MR) is 106 cm³/mol. The Hall–Kier alpha value is -2.80. The summed E-state index contributed by atoms with van der Waals surface area (Å²) in [5.41, 5.74) is 1.87. The molecule has 2 aliphatic carbocycles. The minimum Gasteiger partial charge on any atom is -0.473 e. The van der Waals surface area contributed by atoms with Gasteiger partial charge in [0.25, 0.3) is 0 Å². The molecule has 8 heteroatoms. The third-order valence-electron chi connectivity index (χ3n) is 5.68. The fourth-order valence-electron chi connectivity index (χ4n) is 3.98. The monoisotopic (exact) mass is 449 g/mol. The van der Waals surface area contributed by atoms with Crippen LogP contribution in [0.1, 0.15) is 34.6 Å². The van der Waals surface area contributed by atoms with E-state index in [4.69, 9.17) is 21.1 Å². The van der Waals surface area contributed by atoms with Crippen LogP contribution >= 0.6 is 11.6 Å².